The second-order valence-electron chi connectivity index (χ2n) is 6.83. The molecule has 142 valence electrons. The minimum absolute atomic E-state index is 0.0600. The van der Waals surface area contributed by atoms with Crippen molar-refractivity contribution in [3.05, 3.63) is 94.7 Å². The van der Waals surface area contributed by atoms with Crippen molar-refractivity contribution in [1.82, 2.24) is 14.7 Å². The van der Waals surface area contributed by atoms with E-state index in [1.165, 1.54) is 0 Å². The Morgan fingerprint density at radius 1 is 1.00 bits per heavy atom. The Kier molecular flexibility index (Phi) is 4.33. The van der Waals surface area contributed by atoms with Crippen molar-refractivity contribution in [3.8, 4) is 21.8 Å². The monoisotopic (exact) mass is 399 g/mol. The maximum atomic E-state index is 13.1. The van der Waals surface area contributed by atoms with Crippen molar-refractivity contribution in [2.75, 3.05) is 0 Å². The summed E-state index contributed by atoms with van der Waals surface area (Å²) in [5.74, 6) is 0.681. The average molecular weight is 399 g/mol. The summed E-state index contributed by atoms with van der Waals surface area (Å²) in [4.78, 5) is 19.5. The molecule has 5 aromatic rings. The van der Waals surface area contributed by atoms with Crippen molar-refractivity contribution in [2.24, 2.45) is 0 Å². The van der Waals surface area contributed by atoms with Crippen LogP contribution in [0.3, 0.4) is 0 Å². The van der Waals surface area contributed by atoms with Gasteiger partial charge in [-0.05, 0) is 18.1 Å². The lowest BCUT2D eigenvalue weighted by atomic mass is 10.1. The number of thiophene rings is 1. The smallest absolute Gasteiger partial charge is 0.262 e. The van der Waals surface area contributed by atoms with Crippen LogP contribution in [0.25, 0.3) is 32.0 Å². The first-order valence-corrected chi connectivity index (χ1v) is 10.1. The van der Waals surface area contributed by atoms with Gasteiger partial charge in [-0.15, -0.1) is 11.3 Å². The van der Waals surface area contributed by atoms with Gasteiger partial charge in [0.1, 0.15) is 10.5 Å². The van der Waals surface area contributed by atoms with E-state index in [0.717, 1.165) is 26.4 Å². The molecule has 0 fully saturated rings. The van der Waals surface area contributed by atoms with Crippen LogP contribution in [-0.4, -0.2) is 14.7 Å². The molecule has 2 aromatic carbocycles. The van der Waals surface area contributed by atoms with E-state index < -0.39 is 0 Å². The molecule has 29 heavy (non-hydrogen) atoms. The van der Waals surface area contributed by atoms with Gasteiger partial charge in [0.05, 0.1) is 18.3 Å². The fourth-order valence-electron chi connectivity index (χ4n) is 3.44. The molecular formula is C23H17N3O2S. The zero-order valence-corrected chi connectivity index (χ0v) is 16.5. The molecule has 0 atom stereocenters. The van der Waals surface area contributed by atoms with E-state index in [1.54, 1.807) is 22.2 Å². The third kappa shape index (κ3) is 3.17. The van der Waals surface area contributed by atoms with E-state index in [9.17, 15) is 4.79 Å². The molecule has 0 aliphatic carbocycles. The SMILES string of the molecule is Cc1c(-c2ccccc2)sc2ncn(Cc3cc(-c4ccccc4)on3)c(=O)c12. The molecule has 6 heteroatoms. The number of aromatic nitrogens is 3. The normalized spacial score (nSPS) is 11.2. The Bertz CT molecular complexity index is 1350. The van der Waals surface area contributed by atoms with Crippen molar-refractivity contribution < 1.29 is 4.52 Å². The number of aryl methyl sites for hydroxylation is 1. The van der Waals surface area contributed by atoms with Crippen molar-refractivity contribution in [3.63, 3.8) is 0 Å². The van der Waals surface area contributed by atoms with Crippen LogP contribution in [0.1, 0.15) is 11.3 Å². The Labute approximate surface area is 170 Å². The molecule has 0 unspecified atom stereocenters. The van der Waals surface area contributed by atoms with Gasteiger partial charge in [-0.3, -0.25) is 9.36 Å². The molecule has 5 nitrogen and oxygen atoms in total. The summed E-state index contributed by atoms with van der Waals surface area (Å²) in [5.41, 5.74) is 3.64. The standard InChI is InChI=1S/C23H17N3O2S/c1-15-20-22(29-21(15)17-10-6-3-7-11-17)24-14-26(23(20)27)13-18-12-19(28-25-18)16-8-4-2-5-9-16/h2-12,14H,13H2,1H3. The summed E-state index contributed by atoms with van der Waals surface area (Å²) in [7, 11) is 0. The van der Waals surface area contributed by atoms with Crippen LogP contribution in [-0.2, 0) is 6.54 Å². The highest BCUT2D eigenvalue weighted by atomic mass is 32.1. The van der Waals surface area contributed by atoms with Crippen LogP contribution in [0.2, 0.25) is 0 Å². The number of hydrogen-bond acceptors (Lipinski definition) is 5. The van der Waals surface area contributed by atoms with Gasteiger partial charge in [-0.1, -0.05) is 65.8 Å². The van der Waals surface area contributed by atoms with E-state index in [0.29, 0.717) is 23.4 Å². The number of fused-ring (bicyclic) bond motifs is 1. The van der Waals surface area contributed by atoms with Crippen LogP contribution >= 0.6 is 11.3 Å². The first-order chi connectivity index (χ1) is 14.2. The molecule has 0 bridgehead atoms. The Morgan fingerprint density at radius 3 is 2.41 bits per heavy atom. The van der Waals surface area contributed by atoms with E-state index in [1.807, 2.05) is 61.5 Å². The first-order valence-electron chi connectivity index (χ1n) is 9.25. The molecule has 0 N–H and O–H groups in total. The average Bonchev–Trinajstić information content (AvgIpc) is 3.36. The quantitative estimate of drug-likeness (QED) is 0.420. The lowest BCUT2D eigenvalue weighted by Gasteiger charge is -2.02. The third-order valence-corrected chi connectivity index (χ3v) is 6.15. The topological polar surface area (TPSA) is 60.9 Å². The van der Waals surface area contributed by atoms with Gasteiger partial charge in [-0.2, -0.15) is 0 Å². The highest BCUT2D eigenvalue weighted by Gasteiger charge is 2.16. The van der Waals surface area contributed by atoms with Gasteiger partial charge < -0.3 is 4.52 Å². The summed E-state index contributed by atoms with van der Waals surface area (Å²) < 4.78 is 7.04. The second-order valence-corrected chi connectivity index (χ2v) is 7.83. The molecule has 0 saturated heterocycles. The molecule has 3 aromatic heterocycles. The highest BCUT2D eigenvalue weighted by molar-refractivity contribution is 7.22. The summed E-state index contributed by atoms with van der Waals surface area (Å²) in [6.45, 7) is 2.30. The molecule has 0 spiro atoms. The maximum Gasteiger partial charge on any atom is 0.262 e. The lowest BCUT2D eigenvalue weighted by molar-refractivity contribution is 0.420. The lowest BCUT2D eigenvalue weighted by Crippen LogP contribution is -2.21. The maximum absolute atomic E-state index is 13.1. The van der Waals surface area contributed by atoms with E-state index in [2.05, 4.69) is 22.3 Å². The van der Waals surface area contributed by atoms with E-state index in [4.69, 9.17) is 4.52 Å². The first kappa shape index (κ1) is 17.6. The molecular weight excluding hydrogens is 382 g/mol. The number of nitrogens with zero attached hydrogens (tertiary/aromatic N) is 3. The third-order valence-electron chi connectivity index (χ3n) is 4.90. The van der Waals surface area contributed by atoms with Crippen LogP contribution < -0.4 is 5.56 Å². The molecule has 0 saturated carbocycles. The van der Waals surface area contributed by atoms with Gasteiger partial charge in [-0.25, -0.2) is 4.98 Å². The van der Waals surface area contributed by atoms with E-state index in [-0.39, 0.29) is 5.56 Å². The van der Waals surface area contributed by atoms with Crippen LogP contribution in [0, 0.1) is 6.92 Å². The van der Waals surface area contributed by atoms with Crippen LogP contribution in [0.5, 0.6) is 0 Å². The Balaban J connectivity index is 1.52. The molecule has 0 aliphatic heterocycles. The van der Waals surface area contributed by atoms with E-state index >= 15 is 0 Å². The summed E-state index contributed by atoms with van der Waals surface area (Å²) >= 11 is 1.55. The fourth-order valence-corrected chi connectivity index (χ4v) is 4.58. The number of rotatable bonds is 4. The zero-order chi connectivity index (χ0) is 19.8. The Morgan fingerprint density at radius 2 is 1.69 bits per heavy atom. The van der Waals surface area contributed by atoms with Crippen molar-refractivity contribution in [2.45, 2.75) is 13.5 Å². The van der Waals surface area contributed by atoms with Crippen molar-refractivity contribution in [1.29, 1.82) is 0 Å². The predicted molar refractivity (Wildman–Crippen MR) is 115 cm³/mol. The Hall–Kier alpha value is -3.51. The molecule has 5 rings (SSSR count). The number of benzene rings is 2. The van der Waals surface area contributed by atoms with Crippen LogP contribution in [0.4, 0.5) is 0 Å². The van der Waals surface area contributed by atoms with Crippen molar-refractivity contribution >= 4 is 21.6 Å². The van der Waals surface area contributed by atoms with Gasteiger partial charge in [0.25, 0.3) is 5.56 Å². The second kappa shape index (κ2) is 7.14. The molecule has 0 aliphatic rings. The molecule has 0 radical (unpaired) electrons. The van der Waals surface area contributed by atoms with Crippen LogP contribution in [0.15, 0.2) is 82.4 Å². The molecule has 3 heterocycles. The number of hydrogen-bond donors (Lipinski definition) is 0. The van der Waals surface area contributed by atoms with Gasteiger partial charge in [0.2, 0.25) is 0 Å². The summed E-state index contributed by atoms with van der Waals surface area (Å²) in [6, 6.07) is 21.7. The molecule has 0 amide bonds. The van der Waals surface area contributed by atoms with Gasteiger partial charge >= 0.3 is 0 Å². The fraction of sp³-hybridized carbons (Fsp3) is 0.0870. The summed E-state index contributed by atoms with van der Waals surface area (Å²) in [5, 5.41) is 4.79. The zero-order valence-electron chi connectivity index (χ0n) is 15.7. The van der Waals surface area contributed by atoms with Gasteiger partial charge in [0.15, 0.2) is 5.76 Å². The minimum Gasteiger partial charge on any atom is -0.356 e. The summed E-state index contributed by atoms with van der Waals surface area (Å²) in [6.07, 6.45) is 1.59. The minimum atomic E-state index is -0.0600. The largest absolute Gasteiger partial charge is 0.356 e. The van der Waals surface area contributed by atoms with Gasteiger partial charge in [0, 0.05) is 16.5 Å². The highest BCUT2D eigenvalue weighted by Crippen LogP contribution is 2.35. The predicted octanol–water partition coefficient (Wildman–Crippen LogP) is 5.14.